The molecule has 5 nitrogen and oxygen atoms in total. The maximum Gasteiger partial charge on any atom is 0.225 e. The molecule has 1 aliphatic heterocycles. The molecule has 1 saturated carbocycles. The van der Waals surface area contributed by atoms with Crippen LogP contribution >= 0.6 is 0 Å². The second-order valence-corrected chi connectivity index (χ2v) is 5.82. The largest absolute Gasteiger partial charge is 0.338 e. The summed E-state index contributed by atoms with van der Waals surface area (Å²) >= 11 is 0. The van der Waals surface area contributed by atoms with Crippen molar-refractivity contribution in [2.75, 3.05) is 31.6 Å². The number of nitrogens with one attached hydrogen (secondary N) is 1. The fourth-order valence-electron chi connectivity index (χ4n) is 2.38. The molecule has 19 heavy (non-hydrogen) atoms. The molecule has 0 amide bonds. The highest BCUT2D eigenvalue weighted by molar-refractivity contribution is 5.31. The molecule has 3 rings (SSSR count). The predicted octanol–water partition coefficient (Wildman–Crippen LogP) is 0.869. The van der Waals surface area contributed by atoms with Gasteiger partial charge in [0.15, 0.2) is 0 Å². The van der Waals surface area contributed by atoms with Crippen LogP contribution in [0.3, 0.4) is 0 Å². The van der Waals surface area contributed by atoms with Crippen molar-refractivity contribution in [2.45, 2.75) is 38.4 Å². The summed E-state index contributed by atoms with van der Waals surface area (Å²) in [5, 5.41) is 3.48. The van der Waals surface area contributed by atoms with Crippen molar-refractivity contribution >= 4 is 5.95 Å². The monoisotopic (exact) mass is 261 g/mol. The maximum atomic E-state index is 4.52. The van der Waals surface area contributed by atoms with Gasteiger partial charge in [-0.15, -0.1) is 0 Å². The van der Waals surface area contributed by atoms with Crippen LogP contribution in [0.4, 0.5) is 5.95 Å². The van der Waals surface area contributed by atoms with E-state index in [0.717, 1.165) is 38.2 Å². The van der Waals surface area contributed by atoms with Crippen LogP contribution in [0.15, 0.2) is 12.4 Å². The van der Waals surface area contributed by atoms with E-state index in [9.17, 15) is 0 Å². The Morgan fingerprint density at radius 3 is 2.63 bits per heavy atom. The summed E-state index contributed by atoms with van der Waals surface area (Å²) < 4.78 is 0. The molecule has 1 aromatic heterocycles. The van der Waals surface area contributed by atoms with Crippen LogP contribution in [0.25, 0.3) is 0 Å². The van der Waals surface area contributed by atoms with Crippen molar-refractivity contribution in [3.05, 3.63) is 18.0 Å². The first kappa shape index (κ1) is 12.8. The average molecular weight is 261 g/mol. The molecule has 1 aromatic rings. The highest BCUT2D eigenvalue weighted by Crippen LogP contribution is 2.19. The van der Waals surface area contributed by atoms with Gasteiger partial charge in [-0.05, 0) is 26.8 Å². The minimum Gasteiger partial charge on any atom is -0.338 e. The van der Waals surface area contributed by atoms with Crippen molar-refractivity contribution in [3.8, 4) is 0 Å². The molecular formula is C14H23N5. The van der Waals surface area contributed by atoms with Crippen LogP contribution in [0.1, 0.15) is 25.3 Å². The Morgan fingerprint density at radius 1 is 1.26 bits per heavy atom. The van der Waals surface area contributed by atoms with Gasteiger partial charge in [-0.3, -0.25) is 0 Å². The van der Waals surface area contributed by atoms with E-state index >= 15 is 0 Å². The molecule has 0 bridgehead atoms. The molecule has 1 N–H and O–H groups in total. The van der Waals surface area contributed by atoms with Crippen LogP contribution in [0, 0.1) is 0 Å². The fraction of sp³-hybridized carbons (Fsp3) is 0.714. The van der Waals surface area contributed by atoms with Gasteiger partial charge in [0.1, 0.15) is 0 Å². The zero-order valence-electron chi connectivity index (χ0n) is 11.8. The summed E-state index contributed by atoms with van der Waals surface area (Å²) in [6, 6.07) is 1.30. The van der Waals surface area contributed by atoms with Crippen LogP contribution in [-0.4, -0.2) is 53.6 Å². The number of hydrogen-bond donors (Lipinski definition) is 1. The molecule has 2 heterocycles. The lowest BCUT2D eigenvalue weighted by atomic mass is 10.2. The van der Waals surface area contributed by atoms with E-state index in [0.29, 0.717) is 6.04 Å². The van der Waals surface area contributed by atoms with Crippen molar-refractivity contribution in [2.24, 2.45) is 0 Å². The highest BCUT2D eigenvalue weighted by atomic mass is 15.3. The number of nitrogens with zero attached hydrogens (tertiary/aromatic N) is 4. The molecule has 1 saturated heterocycles. The standard InChI is InChI=1S/C14H23N5/c1-11-10-19(6-5-18(11)2)14-16-8-12(9-17-14)7-15-13-3-4-13/h8-9,11,13,15H,3-7,10H2,1-2H3. The number of likely N-dealkylation sites (N-methyl/N-ethyl adjacent to an activating group) is 1. The van der Waals surface area contributed by atoms with Crippen molar-refractivity contribution in [1.82, 2.24) is 20.2 Å². The summed E-state index contributed by atoms with van der Waals surface area (Å²) in [6.07, 6.45) is 6.55. The highest BCUT2D eigenvalue weighted by Gasteiger charge is 2.22. The summed E-state index contributed by atoms with van der Waals surface area (Å²) in [5.41, 5.74) is 1.18. The summed E-state index contributed by atoms with van der Waals surface area (Å²) in [7, 11) is 2.18. The Bertz CT molecular complexity index is 414. The van der Waals surface area contributed by atoms with Gasteiger partial charge in [0.2, 0.25) is 5.95 Å². The molecule has 104 valence electrons. The van der Waals surface area contributed by atoms with Crippen molar-refractivity contribution < 1.29 is 0 Å². The van der Waals surface area contributed by atoms with E-state index in [1.165, 1.54) is 18.4 Å². The Balaban J connectivity index is 1.58. The smallest absolute Gasteiger partial charge is 0.225 e. The predicted molar refractivity (Wildman–Crippen MR) is 76.2 cm³/mol. The third-order valence-corrected chi connectivity index (χ3v) is 4.11. The molecule has 2 aliphatic rings. The molecule has 0 spiro atoms. The van der Waals surface area contributed by atoms with Crippen molar-refractivity contribution in [1.29, 1.82) is 0 Å². The number of aromatic nitrogens is 2. The minimum atomic E-state index is 0.563. The second kappa shape index (κ2) is 5.43. The number of hydrogen-bond acceptors (Lipinski definition) is 5. The molecule has 5 heteroatoms. The first-order valence-electron chi connectivity index (χ1n) is 7.22. The lowest BCUT2D eigenvalue weighted by Gasteiger charge is -2.37. The molecule has 1 unspecified atom stereocenters. The van der Waals surface area contributed by atoms with Crippen LogP contribution in [0.5, 0.6) is 0 Å². The molecule has 2 fully saturated rings. The Hall–Kier alpha value is -1.20. The van der Waals surface area contributed by atoms with E-state index < -0.39 is 0 Å². The number of piperazine rings is 1. The molecule has 1 aliphatic carbocycles. The average Bonchev–Trinajstić information content (AvgIpc) is 3.24. The molecule has 0 radical (unpaired) electrons. The van der Waals surface area contributed by atoms with Gasteiger partial charge in [0, 0.05) is 56.2 Å². The number of anilines is 1. The summed E-state index contributed by atoms with van der Waals surface area (Å²) in [6.45, 7) is 6.25. The summed E-state index contributed by atoms with van der Waals surface area (Å²) in [5.74, 6) is 0.870. The van der Waals surface area contributed by atoms with Gasteiger partial charge < -0.3 is 15.1 Å². The van der Waals surface area contributed by atoms with E-state index in [4.69, 9.17) is 0 Å². The first-order chi connectivity index (χ1) is 9.22. The van der Waals surface area contributed by atoms with Gasteiger partial charge in [0.25, 0.3) is 0 Å². The SMILES string of the molecule is CC1CN(c2ncc(CNC3CC3)cn2)CCN1C. The lowest BCUT2D eigenvalue weighted by Crippen LogP contribution is -2.50. The zero-order chi connectivity index (χ0) is 13.2. The molecular weight excluding hydrogens is 238 g/mol. The van der Waals surface area contributed by atoms with E-state index in [1.54, 1.807) is 0 Å². The van der Waals surface area contributed by atoms with Gasteiger partial charge in [0.05, 0.1) is 0 Å². The van der Waals surface area contributed by atoms with Gasteiger partial charge >= 0.3 is 0 Å². The fourth-order valence-corrected chi connectivity index (χ4v) is 2.38. The van der Waals surface area contributed by atoms with Gasteiger partial charge in [-0.25, -0.2) is 9.97 Å². The Morgan fingerprint density at radius 2 is 2.00 bits per heavy atom. The normalized spacial score (nSPS) is 24.7. The van der Waals surface area contributed by atoms with E-state index in [1.807, 2.05) is 12.4 Å². The van der Waals surface area contributed by atoms with Crippen LogP contribution < -0.4 is 10.2 Å². The maximum absolute atomic E-state index is 4.52. The van der Waals surface area contributed by atoms with Crippen LogP contribution in [0.2, 0.25) is 0 Å². The summed E-state index contributed by atoms with van der Waals surface area (Å²) in [4.78, 5) is 13.7. The third-order valence-electron chi connectivity index (χ3n) is 4.11. The minimum absolute atomic E-state index is 0.563. The molecule has 1 atom stereocenters. The van der Waals surface area contributed by atoms with Gasteiger partial charge in [-0.2, -0.15) is 0 Å². The van der Waals surface area contributed by atoms with Gasteiger partial charge in [-0.1, -0.05) is 0 Å². The Labute approximate surface area is 115 Å². The van der Waals surface area contributed by atoms with Crippen LogP contribution in [-0.2, 0) is 6.54 Å². The van der Waals surface area contributed by atoms with Crippen molar-refractivity contribution in [3.63, 3.8) is 0 Å². The van der Waals surface area contributed by atoms with E-state index in [2.05, 4.69) is 39.1 Å². The first-order valence-corrected chi connectivity index (χ1v) is 7.22. The topological polar surface area (TPSA) is 44.3 Å². The van der Waals surface area contributed by atoms with E-state index in [-0.39, 0.29) is 0 Å². The zero-order valence-corrected chi connectivity index (χ0v) is 11.8. The lowest BCUT2D eigenvalue weighted by molar-refractivity contribution is 0.233. The third kappa shape index (κ3) is 3.22. The Kier molecular flexibility index (Phi) is 3.66. The molecule has 0 aromatic carbocycles. The quantitative estimate of drug-likeness (QED) is 0.871. The second-order valence-electron chi connectivity index (χ2n) is 5.82. The number of rotatable bonds is 4.